The molecule has 26 heavy (non-hydrogen) atoms. The average Bonchev–Trinajstić information content (AvgIpc) is 2.97. The second kappa shape index (κ2) is 7.97. The number of rotatable bonds is 7. The third kappa shape index (κ3) is 4.18. The molecule has 0 bridgehead atoms. The van der Waals surface area contributed by atoms with Gasteiger partial charge in [-0.15, -0.1) is 0 Å². The average molecular weight is 356 g/mol. The van der Waals surface area contributed by atoms with E-state index in [2.05, 4.69) is 15.6 Å². The van der Waals surface area contributed by atoms with Crippen molar-refractivity contribution in [3.05, 3.63) is 59.9 Å². The first-order chi connectivity index (χ1) is 12.5. The summed E-state index contributed by atoms with van der Waals surface area (Å²) in [7, 11) is 0. The number of hydrogen-bond donors (Lipinski definition) is 3. The Balaban J connectivity index is 1.75. The van der Waals surface area contributed by atoms with Crippen LogP contribution in [-0.4, -0.2) is 33.2 Å². The molecule has 3 aromatic rings. The van der Waals surface area contributed by atoms with Crippen LogP contribution in [-0.2, 0) is 17.9 Å². The molecule has 1 unspecified atom stereocenters. The quantitative estimate of drug-likeness (QED) is 0.607. The summed E-state index contributed by atoms with van der Waals surface area (Å²) in [5.41, 5.74) is 1.99. The third-order valence-corrected chi connectivity index (χ3v) is 3.95. The Labute approximate surface area is 150 Å². The number of amides is 1. The summed E-state index contributed by atoms with van der Waals surface area (Å²) >= 11 is 0. The molecule has 6 nitrogen and oxygen atoms in total. The summed E-state index contributed by atoms with van der Waals surface area (Å²) < 4.78 is 15.4. The number of benzene rings is 2. The fourth-order valence-corrected chi connectivity index (χ4v) is 2.64. The van der Waals surface area contributed by atoms with Gasteiger partial charge in [0.25, 0.3) is 0 Å². The first kappa shape index (κ1) is 17.9. The van der Waals surface area contributed by atoms with E-state index in [-0.39, 0.29) is 24.8 Å². The number of para-hydroxylation sites is 2. The number of halogens is 1. The van der Waals surface area contributed by atoms with E-state index in [0.29, 0.717) is 18.1 Å². The van der Waals surface area contributed by atoms with Gasteiger partial charge >= 0.3 is 0 Å². The van der Waals surface area contributed by atoms with Crippen molar-refractivity contribution in [2.24, 2.45) is 0 Å². The van der Waals surface area contributed by atoms with Gasteiger partial charge in [0.05, 0.1) is 17.1 Å². The summed E-state index contributed by atoms with van der Waals surface area (Å²) in [6, 6.07) is 13.8. The lowest BCUT2D eigenvalue weighted by molar-refractivity contribution is -0.121. The molecule has 1 atom stereocenters. The molecule has 1 amide bonds. The first-order valence-electron chi connectivity index (χ1n) is 8.42. The molecule has 0 spiro atoms. The number of fused-ring (bicyclic) bond motifs is 1. The van der Waals surface area contributed by atoms with E-state index in [1.54, 1.807) is 29.7 Å². The minimum atomic E-state index is -0.543. The maximum Gasteiger partial charge on any atom is 0.240 e. The molecule has 3 N–H and O–H groups in total. The number of aliphatic hydroxyl groups excluding tert-OH is 1. The highest BCUT2D eigenvalue weighted by Gasteiger charge is 2.14. The van der Waals surface area contributed by atoms with Crippen LogP contribution in [0.2, 0.25) is 0 Å². The molecule has 2 aromatic carbocycles. The van der Waals surface area contributed by atoms with E-state index < -0.39 is 6.10 Å². The summed E-state index contributed by atoms with van der Waals surface area (Å²) in [5, 5.41) is 15.3. The van der Waals surface area contributed by atoms with Crippen molar-refractivity contribution in [2.45, 2.75) is 26.1 Å². The van der Waals surface area contributed by atoms with Crippen LogP contribution in [0.1, 0.15) is 12.5 Å². The van der Waals surface area contributed by atoms with Gasteiger partial charge in [-0.1, -0.05) is 30.3 Å². The van der Waals surface area contributed by atoms with Crippen molar-refractivity contribution in [3.63, 3.8) is 0 Å². The van der Waals surface area contributed by atoms with Crippen molar-refractivity contribution in [1.29, 1.82) is 0 Å². The van der Waals surface area contributed by atoms with Gasteiger partial charge < -0.3 is 20.3 Å². The van der Waals surface area contributed by atoms with Crippen molar-refractivity contribution < 1.29 is 14.3 Å². The van der Waals surface area contributed by atoms with Crippen molar-refractivity contribution in [2.75, 3.05) is 11.9 Å². The summed E-state index contributed by atoms with van der Waals surface area (Å²) in [4.78, 5) is 16.8. The van der Waals surface area contributed by atoms with Gasteiger partial charge in [-0.25, -0.2) is 9.37 Å². The molecule has 0 saturated carbocycles. The smallest absolute Gasteiger partial charge is 0.240 e. The maximum atomic E-state index is 13.7. The number of nitrogens with zero attached hydrogens (tertiary/aromatic N) is 2. The molecule has 0 saturated heterocycles. The van der Waals surface area contributed by atoms with E-state index in [1.165, 1.54) is 6.07 Å². The van der Waals surface area contributed by atoms with Gasteiger partial charge in [0.1, 0.15) is 12.4 Å². The minimum absolute atomic E-state index is 0.0388. The number of nitrogens with one attached hydrogen (secondary N) is 2. The van der Waals surface area contributed by atoms with Crippen LogP contribution >= 0.6 is 0 Å². The van der Waals surface area contributed by atoms with Gasteiger partial charge in [-0.2, -0.15) is 0 Å². The van der Waals surface area contributed by atoms with Crippen molar-refractivity contribution in [1.82, 2.24) is 14.9 Å². The normalized spacial score (nSPS) is 12.1. The van der Waals surface area contributed by atoms with Crippen molar-refractivity contribution in [3.8, 4) is 0 Å². The first-order valence-corrected chi connectivity index (χ1v) is 8.42. The molecule has 0 aliphatic heterocycles. The molecule has 136 valence electrons. The lowest BCUT2D eigenvalue weighted by Crippen LogP contribution is -2.28. The Morgan fingerprint density at radius 1 is 1.23 bits per heavy atom. The zero-order chi connectivity index (χ0) is 18.5. The summed E-state index contributed by atoms with van der Waals surface area (Å²) in [6.07, 6.45) is -0.543. The van der Waals surface area contributed by atoms with E-state index >= 15 is 0 Å². The van der Waals surface area contributed by atoms with Crippen LogP contribution in [0.3, 0.4) is 0 Å². The Bertz CT molecular complexity index is 907. The molecule has 0 fully saturated rings. The molecule has 1 aromatic heterocycles. The number of aromatic nitrogens is 2. The predicted molar refractivity (Wildman–Crippen MR) is 98.2 cm³/mol. The predicted octanol–water partition coefficient (Wildman–Crippen LogP) is 2.28. The zero-order valence-electron chi connectivity index (χ0n) is 14.4. The topological polar surface area (TPSA) is 79.2 Å². The molecule has 3 rings (SSSR count). The lowest BCUT2D eigenvalue weighted by Gasteiger charge is -2.12. The highest BCUT2D eigenvalue weighted by atomic mass is 19.1. The van der Waals surface area contributed by atoms with Crippen LogP contribution in [0.25, 0.3) is 11.0 Å². The Kier molecular flexibility index (Phi) is 5.48. The molecular formula is C19H21FN4O2. The molecule has 0 aliphatic carbocycles. The fraction of sp³-hybridized carbons (Fsp3) is 0.263. The molecule has 0 aliphatic rings. The molecule has 7 heteroatoms. The SMILES string of the molecule is CC(O)CNc1nc2ccccc2n1CC(=O)NCc1ccccc1F. The molecule has 0 radical (unpaired) electrons. The maximum absolute atomic E-state index is 13.7. The number of anilines is 1. The highest BCUT2D eigenvalue weighted by molar-refractivity contribution is 5.83. The van der Waals surface area contributed by atoms with Gasteiger partial charge in [-0.05, 0) is 25.1 Å². The fourth-order valence-electron chi connectivity index (χ4n) is 2.64. The zero-order valence-corrected chi connectivity index (χ0v) is 14.4. The number of imidazole rings is 1. The highest BCUT2D eigenvalue weighted by Crippen LogP contribution is 2.19. The van der Waals surface area contributed by atoms with Gasteiger partial charge in [0, 0.05) is 18.7 Å². The largest absolute Gasteiger partial charge is 0.392 e. The Morgan fingerprint density at radius 3 is 2.73 bits per heavy atom. The van der Waals surface area contributed by atoms with Crippen LogP contribution in [0, 0.1) is 5.82 Å². The van der Waals surface area contributed by atoms with Crippen LogP contribution in [0.5, 0.6) is 0 Å². The monoisotopic (exact) mass is 356 g/mol. The minimum Gasteiger partial charge on any atom is -0.392 e. The second-order valence-electron chi connectivity index (χ2n) is 6.11. The van der Waals surface area contributed by atoms with E-state index in [1.807, 2.05) is 24.3 Å². The number of aliphatic hydroxyl groups is 1. The number of hydrogen-bond acceptors (Lipinski definition) is 4. The number of carbonyl (C=O) groups is 1. The third-order valence-electron chi connectivity index (χ3n) is 3.95. The van der Waals surface area contributed by atoms with Gasteiger partial charge in [0.15, 0.2) is 0 Å². The van der Waals surface area contributed by atoms with Crippen LogP contribution in [0.4, 0.5) is 10.3 Å². The molecule has 1 heterocycles. The van der Waals surface area contributed by atoms with E-state index in [9.17, 15) is 14.3 Å². The summed E-state index contributed by atoms with van der Waals surface area (Å²) in [5.74, 6) is -0.0928. The van der Waals surface area contributed by atoms with Crippen LogP contribution in [0.15, 0.2) is 48.5 Å². The van der Waals surface area contributed by atoms with Crippen LogP contribution < -0.4 is 10.6 Å². The van der Waals surface area contributed by atoms with Gasteiger partial charge in [0.2, 0.25) is 11.9 Å². The lowest BCUT2D eigenvalue weighted by atomic mass is 10.2. The Hall–Kier alpha value is -2.93. The Morgan fingerprint density at radius 2 is 1.96 bits per heavy atom. The standard InChI is InChI=1S/C19H21FN4O2/c1-13(25)10-22-19-23-16-8-4-5-9-17(16)24(19)12-18(26)21-11-14-6-2-3-7-15(14)20/h2-9,13,25H,10-12H2,1H3,(H,21,26)(H,22,23). The van der Waals surface area contributed by atoms with Gasteiger partial charge in [-0.3, -0.25) is 4.79 Å². The van der Waals surface area contributed by atoms with E-state index in [4.69, 9.17) is 0 Å². The summed E-state index contributed by atoms with van der Waals surface area (Å²) in [6.45, 7) is 2.15. The number of carbonyl (C=O) groups excluding carboxylic acids is 1. The second-order valence-corrected chi connectivity index (χ2v) is 6.11. The molecular weight excluding hydrogens is 335 g/mol. The van der Waals surface area contributed by atoms with E-state index in [0.717, 1.165) is 11.0 Å². The van der Waals surface area contributed by atoms with Crippen molar-refractivity contribution >= 4 is 22.9 Å².